The van der Waals surface area contributed by atoms with Crippen molar-refractivity contribution in [2.75, 3.05) is 0 Å². The van der Waals surface area contributed by atoms with E-state index in [-0.39, 0.29) is 6.42 Å². The van der Waals surface area contributed by atoms with Gasteiger partial charge in [-0.2, -0.15) is 0 Å². The molecule has 1 amide bonds. The van der Waals surface area contributed by atoms with Crippen LogP contribution in [0, 0.1) is 6.92 Å². The number of hydrogen-bond donors (Lipinski definition) is 2. The van der Waals surface area contributed by atoms with E-state index in [0.29, 0.717) is 5.56 Å². The van der Waals surface area contributed by atoms with E-state index in [9.17, 15) is 9.59 Å². The van der Waals surface area contributed by atoms with E-state index >= 15 is 0 Å². The summed E-state index contributed by atoms with van der Waals surface area (Å²) in [7, 11) is 0. The summed E-state index contributed by atoms with van der Waals surface area (Å²) in [5.41, 5.74) is 1.25. The molecule has 1 rings (SSSR count). The van der Waals surface area contributed by atoms with E-state index in [2.05, 4.69) is 27.8 Å². The second-order valence-electron chi connectivity index (χ2n) is 3.85. The van der Waals surface area contributed by atoms with Gasteiger partial charge in [-0.05, 0) is 31.0 Å². The molecular weight excluding hydrogens is 298 g/mol. The van der Waals surface area contributed by atoms with Crippen molar-refractivity contribution >= 4 is 27.8 Å². The highest BCUT2D eigenvalue weighted by Crippen LogP contribution is 2.16. The molecule has 0 saturated heterocycles. The van der Waals surface area contributed by atoms with Gasteiger partial charge in [-0.3, -0.25) is 4.79 Å². The zero-order valence-corrected chi connectivity index (χ0v) is 11.5. The van der Waals surface area contributed by atoms with Gasteiger partial charge >= 0.3 is 5.97 Å². The number of aryl methyl sites for hydroxylation is 1. The van der Waals surface area contributed by atoms with Gasteiger partial charge in [0, 0.05) is 10.0 Å². The molecule has 96 valence electrons. The Hall–Kier alpha value is -1.62. The Labute approximate surface area is 114 Å². The van der Waals surface area contributed by atoms with Crippen molar-refractivity contribution in [1.82, 2.24) is 5.32 Å². The largest absolute Gasteiger partial charge is 0.480 e. The molecule has 4 nitrogen and oxygen atoms in total. The Kier molecular flexibility index (Phi) is 5.09. The molecule has 0 radical (unpaired) electrons. The predicted molar refractivity (Wildman–Crippen MR) is 72.6 cm³/mol. The molecule has 1 unspecified atom stereocenters. The molecule has 0 spiro atoms. The molecule has 1 atom stereocenters. The van der Waals surface area contributed by atoms with Gasteiger partial charge in [0.25, 0.3) is 5.91 Å². The van der Waals surface area contributed by atoms with Crippen LogP contribution in [-0.4, -0.2) is 23.0 Å². The number of carboxylic acids is 1. The summed E-state index contributed by atoms with van der Waals surface area (Å²) in [4.78, 5) is 22.9. The molecule has 0 fully saturated rings. The fourth-order valence-corrected chi connectivity index (χ4v) is 1.82. The molecule has 0 bridgehead atoms. The van der Waals surface area contributed by atoms with Gasteiger partial charge in [0.2, 0.25) is 0 Å². The number of carboxylic acid groups (broad SMARTS) is 1. The van der Waals surface area contributed by atoms with Gasteiger partial charge in [0.1, 0.15) is 6.04 Å². The summed E-state index contributed by atoms with van der Waals surface area (Å²) < 4.78 is 0.772. The molecule has 0 heterocycles. The Morgan fingerprint density at radius 2 is 2.22 bits per heavy atom. The molecule has 2 N–H and O–H groups in total. The summed E-state index contributed by atoms with van der Waals surface area (Å²) in [5.74, 6) is -1.47. The lowest BCUT2D eigenvalue weighted by Gasteiger charge is -2.13. The lowest BCUT2D eigenvalue weighted by molar-refractivity contribution is -0.139. The maximum atomic E-state index is 12.0. The molecule has 1 aromatic rings. The number of carbonyl (C=O) groups excluding carboxylic acids is 1. The van der Waals surface area contributed by atoms with Crippen LogP contribution in [-0.2, 0) is 4.79 Å². The van der Waals surface area contributed by atoms with Crippen molar-refractivity contribution < 1.29 is 14.7 Å². The fraction of sp³-hybridized carbons (Fsp3) is 0.231. The average Bonchev–Trinajstić information content (AvgIpc) is 2.31. The van der Waals surface area contributed by atoms with E-state index in [1.54, 1.807) is 19.1 Å². The highest BCUT2D eigenvalue weighted by atomic mass is 79.9. The quantitative estimate of drug-likeness (QED) is 0.821. The lowest BCUT2D eigenvalue weighted by atomic mass is 10.1. The average molecular weight is 312 g/mol. The highest BCUT2D eigenvalue weighted by molar-refractivity contribution is 9.10. The van der Waals surface area contributed by atoms with Crippen molar-refractivity contribution in [3.8, 4) is 0 Å². The summed E-state index contributed by atoms with van der Waals surface area (Å²) in [6.07, 6.45) is 1.65. The van der Waals surface area contributed by atoms with Gasteiger partial charge in [0.15, 0.2) is 0 Å². The molecule has 0 aliphatic rings. The smallest absolute Gasteiger partial charge is 0.326 e. The number of halogens is 1. The van der Waals surface area contributed by atoms with Crippen LogP contribution in [0.5, 0.6) is 0 Å². The van der Waals surface area contributed by atoms with Crippen LogP contribution >= 0.6 is 15.9 Å². The van der Waals surface area contributed by atoms with Gasteiger partial charge in [0.05, 0.1) is 0 Å². The minimum atomic E-state index is -1.07. The first-order valence-corrected chi connectivity index (χ1v) is 6.15. The first-order chi connectivity index (χ1) is 8.45. The SMILES string of the molecule is C=CCC(NC(=O)c1cc(Br)ccc1C)C(=O)O. The highest BCUT2D eigenvalue weighted by Gasteiger charge is 2.20. The Bertz CT molecular complexity index is 485. The Morgan fingerprint density at radius 1 is 1.56 bits per heavy atom. The summed E-state index contributed by atoms with van der Waals surface area (Å²) >= 11 is 3.28. The van der Waals surface area contributed by atoms with Crippen molar-refractivity contribution in [2.24, 2.45) is 0 Å². The zero-order valence-electron chi connectivity index (χ0n) is 9.94. The van der Waals surface area contributed by atoms with Crippen LogP contribution in [0.3, 0.4) is 0 Å². The molecule has 0 aromatic heterocycles. The monoisotopic (exact) mass is 311 g/mol. The summed E-state index contributed by atoms with van der Waals surface area (Å²) in [5, 5.41) is 11.4. The molecule has 0 aliphatic heterocycles. The third-order valence-electron chi connectivity index (χ3n) is 2.45. The summed E-state index contributed by atoms with van der Waals surface area (Å²) in [6, 6.07) is 4.33. The van der Waals surface area contributed by atoms with E-state index in [1.807, 2.05) is 6.07 Å². The lowest BCUT2D eigenvalue weighted by Crippen LogP contribution is -2.40. The van der Waals surface area contributed by atoms with Gasteiger partial charge < -0.3 is 10.4 Å². The van der Waals surface area contributed by atoms with Crippen molar-refractivity contribution in [1.29, 1.82) is 0 Å². The van der Waals surface area contributed by atoms with Crippen LogP contribution in [0.1, 0.15) is 22.3 Å². The molecule has 5 heteroatoms. The maximum absolute atomic E-state index is 12.0. The van der Waals surface area contributed by atoms with Gasteiger partial charge in [-0.15, -0.1) is 6.58 Å². The molecule has 0 saturated carbocycles. The third kappa shape index (κ3) is 3.70. The maximum Gasteiger partial charge on any atom is 0.326 e. The van der Waals surface area contributed by atoms with Crippen molar-refractivity contribution in [3.05, 3.63) is 46.5 Å². The second kappa shape index (κ2) is 6.35. The normalized spacial score (nSPS) is 11.7. The van der Waals surface area contributed by atoms with E-state index < -0.39 is 17.9 Å². The number of amides is 1. The molecular formula is C13H14BrNO3. The Morgan fingerprint density at radius 3 is 2.78 bits per heavy atom. The molecule has 18 heavy (non-hydrogen) atoms. The van der Waals surface area contributed by atoms with Crippen molar-refractivity contribution in [2.45, 2.75) is 19.4 Å². The fourth-order valence-electron chi connectivity index (χ4n) is 1.46. The van der Waals surface area contributed by atoms with Crippen LogP contribution in [0.25, 0.3) is 0 Å². The molecule has 1 aromatic carbocycles. The van der Waals surface area contributed by atoms with E-state index in [1.165, 1.54) is 6.08 Å². The zero-order chi connectivity index (χ0) is 13.7. The number of aliphatic carboxylic acids is 1. The van der Waals surface area contributed by atoms with E-state index in [4.69, 9.17) is 5.11 Å². The molecule has 0 aliphatic carbocycles. The number of carbonyl (C=O) groups is 2. The van der Waals surface area contributed by atoms with E-state index in [0.717, 1.165) is 10.0 Å². The minimum absolute atomic E-state index is 0.189. The second-order valence-corrected chi connectivity index (χ2v) is 4.76. The van der Waals surface area contributed by atoms with Crippen molar-refractivity contribution in [3.63, 3.8) is 0 Å². The van der Waals surface area contributed by atoms with Crippen LogP contribution in [0.4, 0.5) is 0 Å². The minimum Gasteiger partial charge on any atom is -0.480 e. The van der Waals surface area contributed by atoms with Crippen LogP contribution in [0.2, 0.25) is 0 Å². The third-order valence-corrected chi connectivity index (χ3v) is 2.94. The first kappa shape index (κ1) is 14.4. The first-order valence-electron chi connectivity index (χ1n) is 5.36. The standard InChI is InChI=1S/C13H14BrNO3/c1-3-4-11(13(17)18)15-12(16)10-7-9(14)6-5-8(10)2/h3,5-7,11H,1,4H2,2H3,(H,15,16)(H,17,18). The van der Waals surface area contributed by atoms with Gasteiger partial charge in [-0.1, -0.05) is 28.1 Å². The van der Waals surface area contributed by atoms with Gasteiger partial charge in [-0.25, -0.2) is 4.79 Å². The summed E-state index contributed by atoms with van der Waals surface area (Å²) in [6.45, 7) is 5.27. The van der Waals surface area contributed by atoms with Crippen LogP contribution < -0.4 is 5.32 Å². The van der Waals surface area contributed by atoms with Crippen LogP contribution in [0.15, 0.2) is 35.3 Å². The Balaban J connectivity index is 2.89. The number of nitrogens with one attached hydrogen (secondary N) is 1. The topological polar surface area (TPSA) is 66.4 Å². The number of benzene rings is 1. The number of hydrogen-bond acceptors (Lipinski definition) is 2. The predicted octanol–water partition coefficient (Wildman–Crippen LogP) is 2.52. The number of rotatable bonds is 5.